The van der Waals surface area contributed by atoms with Crippen LogP contribution in [0.25, 0.3) is 11.4 Å². The van der Waals surface area contributed by atoms with Crippen LogP contribution in [0.2, 0.25) is 0 Å². The lowest BCUT2D eigenvalue weighted by atomic mass is 10.0. The standard InChI is InChI=1S/C25H29FN4O2S/c1-3-17-33(31,32)30-15-13-29(14-16-30)25-22(18-21-11-7-8-12-23(21)26)19(2)27-24(28-25)20-9-5-4-6-10-20/h4-12H,3,13-18H2,1-2H3. The van der Waals surface area contributed by atoms with Crippen molar-refractivity contribution >= 4 is 15.8 Å². The molecule has 0 saturated carbocycles. The fourth-order valence-electron chi connectivity index (χ4n) is 4.16. The van der Waals surface area contributed by atoms with Crippen molar-refractivity contribution in [3.63, 3.8) is 0 Å². The van der Waals surface area contributed by atoms with Gasteiger partial charge in [0.1, 0.15) is 11.6 Å². The van der Waals surface area contributed by atoms with Gasteiger partial charge in [-0.15, -0.1) is 0 Å². The predicted octanol–water partition coefficient (Wildman–Crippen LogP) is 4.04. The summed E-state index contributed by atoms with van der Waals surface area (Å²) in [4.78, 5) is 11.7. The van der Waals surface area contributed by atoms with Crippen LogP contribution < -0.4 is 4.90 Å². The number of hydrogen-bond acceptors (Lipinski definition) is 5. The molecule has 33 heavy (non-hydrogen) atoms. The molecule has 2 aromatic carbocycles. The van der Waals surface area contributed by atoms with Crippen LogP contribution in [0.4, 0.5) is 10.2 Å². The summed E-state index contributed by atoms with van der Waals surface area (Å²) >= 11 is 0. The zero-order valence-corrected chi connectivity index (χ0v) is 19.9. The third-order valence-electron chi connectivity index (χ3n) is 5.94. The molecule has 0 bridgehead atoms. The highest BCUT2D eigenvalue weighted by atomic mass is 32.2. The summed E-state index contributed by atoms with van der Waals surface area (Å²) in [6.45, 7) is 5.67. The van der Waals surface area contributed by atoms with E-state index < -0.39 is 10.0 Å². The molecular weight excluding hydrogens is 439 g/mol. The van der Waals surface area contributed by atoms with E-state index in [0.717, 1.165) is 22.6 Å². The van der Waals surface area contributed by atoms with E-state index in [1.807, 2.05) is 50.2 Å². The number of aryl methyl sites for hydroxylation is 1. The van der Waals surface area contributed by atoms with Crippen LogP contribution in [0.5, 0.6) is 0 Å². The highest BCUT2D eigenvalue weighted by Gasteiger charge is 2.28. The second-order valence-corrected chi connectivity index (χ2v) is 10.4. The Hall–Kier alpha value is -2.84. The van der Waals surface area contributed by atoms with Gasteiger partial charge >= 0.3 is 0 Å². The van der Waals surface area contributed by atoms with Gasteiger partial charge in [0.2, 0.25) is 10.0 Å². The molecule has 0 amide bonds. The smallest absolute Gasteiger partial charge is 0.214 e. The van der Waals surface area contributed by atoms with Crippen molar-refractivity contribution in [3.8, 4) is 11.4 Å². The average Bonchev–Trinajstić information content (AvgIpc) is 2.82. The molecule has 1 fully saturated rings. The number of aromatic nitrogens is 2. The Balaban J connectivity index is 1.70. The van der Waals surface area contributed by atoms with Gasteiger partial charge in [-0.2, -0.15) is 4.31 Å². The van der Waals surface area contributed by atoms with E-state index in [1.54, 1.807) is 16.4 Å². The summed E-state index contributed by atoms with van der Waals surface area (Å²) in [5, 5.41) is 0. The Kier molecular flexibility index (Phi) is 7.05. The van der Waals surface area contributed by atoms with Gasteiger partial charge in [0.25, 0.3) is 0 Å². The molecule has 0 aliphatic carbocycles. The lowest BCUT2D eigenvalue weighted by Gasteiger charge is -2.36. The molecule has 0 unspecified atom stereocenters. The number of halogens is 1. The Morgan fingerprint density at radius 3 is 2.27 bits per heavy atom. The summed E-state index contributed by atoms with van der Waals surface area (Å²) in [6.07, 6.45) is 0.970. The summed E-state index contributed by atoms with van der Waals surface area (Å²) in [5.41, 5.74) is 3.15. The molecule has 8 heteroatoms. The van der Waals surface area contributed by atoms with E-state index in [0.29, 0.717) is 50.4 Å². The van der Waals surface area contributed by atoms with Crippen LogP contribution in [0.1, 0.15) is 30.2 Å². The van der Waals surface area contributed by atoms with Crippen molar-refractivity contribution in [3.05, 3.63) is 77.2 Å². The summed E-state index contributed by atoms with van der Waals surface area (Å²) in [5.74, 6) is 1.26. The first-order chi connectivity index (χ1) is 15.9. The molecule has 1 aliphatic heterocycles. The molecule has 0 N–H and O–H groups in total. The summed E-state index contributed by atoms with van der Waals surface area (Å²) < 4.78 is 41.0. The molecule has 6 nitrogen and oxygen atoms in total. The average molecular weight is 469 g/mol. The molecule has 1 saturated heterocycles. The number of hydrogen-bond donors (Lipinski definition) is 0. The van der Waals surface area contributed by atoms with Gasteiger partial charge in [-0.3, -0.25) is 0 Å². The normalized spacial score (nSPS) is 15.1. The fourth-order valence-corrected chi connectivity index (χ4v) is 5.66. The number of rotatable bonds is 7. The number of anilines is 1. The first kappa shape index (κ1) is 23.3. The molecule has 1 aromatic heterocycles. The molecule has 3 aromatic rings. The van der Waals surface area contributed by atoms with Crippen molar-refractivity contribution in [2.24, 2.45) is 0 Å². The topological polar surface area (TPSA) is 66.4 Å². The van der Waals surface area contributed by atoms with Gasteiger partial charge in [0.05, 0.1) is 5.75 Å². The van der Waals surface area contributed by atoms with E-state index in [-0.39, 0.29) is 11.6 Å². The minimum atomic E-state index is -3.24. The summed E-state index contributed by atoms with van der Waals surface area (Å²) in [7, 11) is -3.24. The monoisotopic (exact) mass is 468 g/mol. The third-order valence-corrected chi connectivity index (χ3v) is 8.02. The number of nitrogens with zero attached hydrogens (tertiary/aromatic N) is 4. The highest BCUT2D eigenvalue weighted by Crippen LogP contribution is 2.29. The van der Waals surface area contributed by atoms with Crippen molar-refractivity contribution < 1.29 is 12.8 Å². The zero-order valence-electron chi connectivity index (χ0n) is 19.0. The molecule has 4 rings (SSSR count). The van der Waals surface area contributed by atoms with Gasteiger partial charge in [0, 0.05) is 49.4 Å². The van der Waals surface area contributed by atoms with E-state index in [4.69, 9.17) is 9.97 Å². The quantitative estimate of drug-likeness (QED) is 0.524. The minimum Gasteiger partial charge on any atom is -0.354 e. The van der Waals surface area contributed by atoms with Crippen LogP contribution in [-0.2, 0) is 16.4 Å². The third kappa shape index (κ3) is 5.23. The number of sulfonamides is 1. The first-order valence-electron chi connectivity index (χ1n) is 11.3. The van der Waals surface area contributed by atoms with Crippen molar-refractivity contribution in [2.75, 3.05) is 36.8 Å². The molecule has 0 atom stereocenters. The molecule has 2 heterocycles. The molecular formula is C25H29FN4O2S. The maximum Gasteiger partial charge on any atom is 0.214 e. The van der Waals surface area contributed by atoms with Crippen molar-refractivity contribution in [2.45, 2.75) is 26.7 Å². The number of benzene rings is 2. The van der Waals surface area contributed by atoms with Crippen LogP contribution in [-0.4, -0.2) is 54.6 Å². The van der Waals surface area contributed by atoms with E-state index >= 15 is 0 Å². The van der Waals surface area contributed by atoms with Crippen LogP contribution >= 0.6 is 0 Å². The van der Waals surface area contributed by atoms with Gasteiger partial charge < -0.3 is 4.90 Å². The van der Waals surface area contributed by atoms with E-state index in [2.05, 4.69) is 4.90 Å². The second kappa shape index (κ2) is 9.97. The molecule has 174 valence electrons. The summed E-state index contributed by atoms with van der Waals surface area (Å²) in [6, 6.07) is 16.5. The van der Waals surface area contributed by atoms with Crippen molar-refractivity contribution in [1.82, 2.24) is 14.3 Å². The van der Waals surface area contributed by atoms with Gasteiger partial charge in [0.15, 0.2) is 5.82 Å². The van der Waals surface area contributed by atoms with Crippen LogP contribution in [0, 0.1) is 12.7 Å². The Morgan fingerprint density at radius 2 is 1.61 bits per heavy atom. The zero-order chi connectivity index (χ0) is 23.4. The Morgan fingerprint density at radius 1 is 0.939 bits per heavy atom. The van der Waals surface area contributed by atoms with E-state index in [9.17, 15) is 12.8 Å². The Labute approximate surface area is 195 Å². The molecule has 0 radical (unpaired) electrons. The van der Waals surface area contributed by atoms with Gasteiger partial charge in [-0.1, -0.05) is 55.5 Å². The van der Waals surface area contributed by atoms with Gasteiger partial charge in [-0.25, -0.2) is 22.8 Å². The highest BCUT2D eigenvalue weighted by molar-refractivity contribution is 7.89. The molecule has 0 spiro atoms. The molecule has 1 aliphatic rings. The van der Waals surface area contributed by atoms with Gasteiger partial charge in [-0.05, 0) is 25.0 Å². The minimum absolute atomic E-state index is 0.163. The number of piperazine rings is 1. The largest absolute Gasteiger partial charge is 0.354 e. The van der Waals surface area contributed by atoms with Crippen LogP contribution in [0.15, 0.2) is 54.6 Å². The Bertz CT molecular complexity index is 1210. The second-order valence-electron chi connectivity index (χ2n) is 8.27. The lowest BCUT2D eigenvalue weighted by Crippen LogP contribution is -2.49. The first-order valence-corrected chi connectivity index (χ1v) is 12.9. The SMILES string of the molecule is CCCS(=O)(=O)N1CCN(c2nc(-c3ccccc3)nc(C)c2Cc2ccccc2F)CC1. The maximum atomic E-state index is 14.5. The fraction of sp³-hybridized carbons (Fsp3) is 0.360. The van der Waals surface area contributed by atoms with E-state index in [1.165, 1.54) is 6.07 Å². The van der Waals surface area contributed by atoms with Crippen molar-refractivity contribution in [1.29, 1.82) is 0 Å². The maximum absolute atomic E-state index is 14.5. The predicted molar refractivity (Wildman–Crippen MR) is 129 cm³/mol. The van der Waals surface area contributed by atoms with Crippen LogP contribution in [0.3, 0.4) is 0 Å². The lowest BCUT2D eigenvalue weighted by molar-refractivity contribution is 0.383.